The Kier molecular flexibility index (Phi) is 18.7. The van der Waals surface area contributed by atoms with Crippen LogP contribution in [-0.4, -0.2) is 182 Å². The van der Waals surface area contributed by atoms with Crippen molar-refractivity contribution in [2.45, 2.75) is 46.1 Å². The van der Waals surface area contributed by atoms with Gasteiger partial charge in [0.25, 0.3) is 23.3 Å². The second kappa shape index (κ2) is 23.7. The number of hydrogen-bond donors (Lipinski definition) is 8. The maximum Gasteiger partial charge on any atom is 1.00 e. The fourth-order valence-electron chi connectivity index (χ4n) is 7.47. The quantitative estimate of drug-likeness (QED) is 0.0151. The first-order valence-electron chi connectivity index (χ1n) is 19.7. The number of tetrazole rings is 2. The number of aromatic hydroxyl groups is 2. The van der Waals surface area contributed by atoms with E-state index >= 15 is 0 Å². The molecular weight excluding hydrogens is 1020 g/mol. The van der Waals surface area contributed by atoms with E-state index in [0.717, 1.165) is 47.5 Å². The maximum atomic E-state index is 13.1. The molecule has 4 aromatic rings. The summed E-state index contributed by atoms with van der Waals surface area (Å²) in [4.78, 5) is 101. The van der Waals surface area contributed by atoms with Crippen LogP contribution < -0.4 is 80.0 Å². The van der Waals surface area contributed by atoms with Crippen molar-refractivity contribution in [3.8, 4) is 11.5 Å². The summed E-state index contributed by atoms with van der Waals surface area (Å²) in [7, 11) is 2.17. The molecule has 72 heavy (non-hydrogen) atoms. The molecule has 2 fully saturated rings. The molecule has 8 N–H and O–H groups in total. The Morgan fingerprint density at radius 3 is 1.32 bits per heavy atom. The number of thioether (sulfide) groups is 2. The Hall–Kier alpha value is -6.04. The molecular formula is C38H34N12Na2O18S2. The van der Waals surface area contributed by atoms with Crippen molar-refractivity contribution in [3.05, 3.63) is 82.2 Å². The summed E-state index contributed by atoms with van der Waals surface area (Å²) in [6, 6.07) is 9.78. The van der Waals surface area contributed by atoms with E-state index in [2.05, 4.69) is 51.9 Å². The number of nitrogens with one attached hydrogen (secondary N) is 4. The number of phenols is 2. The number of carboxylic acids is 4. The molecule has 2 unspecified atom stereocenters. The fraction of sp³-hybridized carbons (Fsp3) is 0.316. The second-order valence-corrected chi connectivity index (χ2v) is 16.6. The van der Waals surface area contributed by atoms with Gasteiger partial charge in [-0.1, -0.05) is 47.8 Å². The molecule has 0 aliphatic carbocycles. The van der Waals surface area contributed by atoms with Gasteiger partial charge in [0.1, 0.15) is 11.5 Å². The Morgan fingerprint density at radius 1 is 0.694 bits per heavy atom. The van der Waals surface area contributed by atoms with Gasteiger partial charge in [0.05, 0.1) is 36.5 Å². The maximum absolute atomic E-state index is 13.1. The predicted molar refractivity (Wildman–Crippen MR) is 220 cm³/mol. The van der Waals surface area contributed by atoms with Crippen molar-refractivity contribution < 1.29 is 147 Å². The molecule has 0 radical (unpaired) electrons. The molecule has 0 bridgehead atoms. The molecule has 2 aromatic carbocycles. The summed E-state index contributed by atoms with van der Waals surface area (Å²) in [6.45, 7) is -0.520. The van der Waals surface area contributed by atoms with Crippen molar-refractivity contribution in [2.75, 3.05) is 38.9 Å². The third kappa shape index (κ3) is 11.0. The molecule has 34 heteroatoms. The average molecular weight is 1060 g/mol. The number of aliphatic carboxylic acids is 4. The van der Waals surface area contributed by atoms with E-state index in [1.807, 2.05) is 0 Å². The van der Waals surface area contributed by atoms with Gasteiger partial charge in [-0.15, -0.1) is 20.4 Å². The van der Waals surface area contributed by atoms with E-state index in [4.69, 9.17) is 18.9 Å². The molecule has 2 aromatic heterocycles. The van der Waals surface area contributed by atoms with Gasteiger partial charge < -0.3 is 69.8 Å². The predicted octanol–water partition coefficient (Wildman–Crippen LogP) is -10.9. The third-order valence-corrected chi connectivity index (χ3v) is 12.6. The topological polar surface area (TPSA) is 440 Å². The first kappa shape index (κ1) is 56.9. The molecule has 4 aliphatic heterocycles. The van der Waals surface area contributed by atoms with Crippen molar-refractivity contribution in [1.82, 2.24) is 61.7 Å². The Labute approximate surface area is 455 Å². The van der Waals surface area contributed by atoms with Crippen LogP contribution in [0.3, 0.4) is 0 Å². The molecule has 4 amide bonds. The Morgan fingerprint density at radius 2 is 1.04 bits per heavy atom. The largest absolute Gasteiger partial charge is 1.00 e. The number of carbonyl (C=O) groups is 8. The zero-order valence-electron chi connectivity index (χ0n) is 37.7. The number of H-pyrrole nitrogens is 2. The SMILES string of the molecule is CO[C@@]1(NC(=O)C(C(=O)O)c2ccc(O)cc2)C(=O)N2C(C(=O)[O-])=C(CSc3nn[nH]n3)CO[C@@H]21.CO[C@@]1(NC(=O)C(C(=O)O)c2ccc(O)cc2)C(=O)N2C(C(=O)[O-])=C(CSc3nn[nH]n3)CO[C@@H]21.[Na+].[Na+]. The third-order valence-electron chi connectivity index (χ3n) is 10.7. The number of carboxylic acid groups (broad SMARTS) is 4. The normalized spacial score (nSPS) is 21.6. The van der Waals surface area contributed by atoms with Crippen LogP contribution in [0.5, 0.6) is 11.5 Å². The number of ether oxygens (including phenoxy) is 4. The van der Waals surface area contributed by atoms with Gasteiger partial charge in [0.15, 0.2) is 24.3 Å². The van der Waals surface area contributed by atoms with Gasteiger partial charge in [-0.3, -0.25) is 38.6 Å². The van der Waals surface area contributed by atoms with Crippen LogP contribution in [-0.2, 0) is 57.3 Å². The van der Waals surface area contributed by atoms with Gasteiger partial charge in [0.2, 0.25) is 22.1 Å². The van der Waals surface area contributed by atoms with E-state index < -0.39 is 94.6 Å². The van der Waals surface area contributed by atoms with Crippen LogP contribution in [0.15, 0.2) is 81.4 Å². The zero-order valence-corrected chi connectivity index (χ0v) is 43.3. The van der Waals surface area contributed by atoms with Crippen LogP contribution in [0, 0.1) is 0 Å². The first-order chi connectivity index (χ1) is 33.4. The number of β-lactam (4-membered cyclic amide) rings is 2. The molecule has 30 nitrogen and oxygen atoms in total. The minimum Gasteiger partial charge on any atom is -0.543 e. The summed E-state index contributed by atoms with van der Waals surface area (Å²) in [6.07, 6.45) is -2.80. The van der Waals surface area contributed by atoms with Gasteiger partial charge in [-0.2, -0.15) is 10.4 Å². The van der Waals surface area contributed by atoms with Crippen LogP contribution >= 0.6 is 23.5 Å². The van der Waals surface area contributed by atoms with Gasteiger partial charge >= 0.3 is 71.1 Å². The van der Waals surface area contributed by atoms with Gasteiger partial charge in [0, 0.05) is 25.7 Å². The van der Waals surface area contributed by atoms with Crippen LogP contribution in [0.25, 0.3) is 0 Å². The number of phenolic OH excluding ortho intramolecular Hbond substituents is 2. The molecule has 0 spiro atoms. The van der Waals surface area contributed by atoms with Crippen LogP contribution in [0.1, 0.15) is 23.0 Å². The van der Waals surface area contributed by atoms with Gasteiger partial charge in [-0.05, 0) is 57.0 Å². The number of amides is 4. The number of aromatic nitrogens is 8. The van der Waals surface area contributed by atoms with Crippen molar-refractivity contribution in [2.24, 2.45) is 0 Å². The van der Waals surface area contributed by atoms with Gasteiger partial charge in [-0.25, -0.2) is 0 Å². The van der Waals surface area contributed by atoms with Crippen LogP contribution in [0.4, 0.5) is 0 Å². The monoisotopic (exact) mass is 1060 g/mol. The van der Waals surface area contributed by atoms with E-state index in [1.165, 1.54) is 48.5 Å². The summed E-state index contributed by atoms with van der Waals surface area (Å²) < 4.78 is 21.8. The molecule has 0 saturated carbocycles. The minimum absolute atomic E-state index is 0. The van der Waals surface area contributed by atoms with E-state index in [9.17, 15) is 69.0 Å². The summed E-state index contributed by atoms with van der Waals surface area (Å²) >= 11 is 2.08. The molecule has 6 atom stereocenters. The molecule has 4 aliphatic rings. The second-order valence-electron chi connectivity index (χ2n) is 14.7. The molecule has 8 rings (SSSR count). The van der Waals surface area contributed by atoms with Crippen molar-refractivity contribution >= 4 is 71.0 Å². The van der Waals surface area contributed by atoms with Crippen molar-refractivity contribution in [3.63, 3.8) is 0 Å². The van der Waals surface area contributed by atoms with Crippen LogP contribution in [0.2, 0.25) is 0 Å². The number of benzene rings is 2. The fourth-order valence-corrected chi connectivity index (χ4v) is 8.93. The number of hydrogen-bond acceptors (Lipinski definition) is 24. The molecule has 6 heterocycles. The Balaban J connectivity index is 0.000000260. The number of carbonyl (C=O) groups excluding carboxylic acids is 6. The standard InChI is InChI=1S/2C19H18N6O9S.2Na/c2*1-33-19(20-13(27)11(14(28)29)8-2-4-10(26)5-3-8)16(32)25-12(15(30)31)9(6-34-17(19)25)7-35-18-21-23-24-22-18;;/h2*2-5,11,17,26H,6-7H2,1H3,(H,20,27)(H,28,29)(H,30,31)(H,21,22,23,24);;/q;;2*+1/p-2/t2*11?,17-,19+;;/m11../s1. The van der Waals surface area contributed by atoms with E-state index in [1.54, 1.807) is 0 Å². The average Bonchev–Trinajstić information content (AvgIpc) is 4.07. The van der Waals surface area contributed by atoms with E-state index in [0.29, 0.717) is 0 Å². The van der Waals surface area contributed by atoms with E-state index in [-0.39, 0.29) is 128 Å². The number of methoxy groups -OCH3 is 2. The molecule has 368 valence electrons. The summed E-state index contributed by atoms with van der Waals surface area (Å²) in [5.74, 6) is -14.3. The van der Waals surface area contributed by atoms with Crippen molar-refractivity contribution in [1.29, 1.82) is 0 Å². The Bertz CT molecular complexity index is 2600. The minimum atomic E-state index is -2.17. The summed E-state index contributed by atoms with van der Waals surface area (Å²) in [5, 5.41) is 93.1. The summed E-state index contributed by atoms with van der Waals surface area (Å²) in [5.41, 5.74) is -4.83. The number of nitrogens with zero attached hydrogens (tertiary/aromatic N) is 8. The number of rotatable bonds is 18. The smallest absolute Gasteiger partial charge is 0.543 e. The first-order valence-corrected chi connectivity index (χ1v) is 21.6. The number of fused-ring (bicyclic) bond motifs is 2. The molecule has 2 saturated heterocycles. The number of aromatic amines is 2. The zero-order chi connectivity index (χ0) is 50.7.